The van der Waals surface area contributed by atoms with Gasteiger partial charge in [-0.2, -0.15) is 0 Å². The lowest BCUT2D eigenvalue weighted by Gasteiger charge is -2.35. The Bertz CT molecular complexity index is 200. The molecule has 3 rings (SSSR count). The van der Waals surface area contributed by atoms with Crippen molar-refractivity contribution >= 4 is 0 Å². The highest BCUT2D eigenvalue weighted by Crippen LogP contribution is 2.30. The molecule has 1 N–H and O–H groups in total. The first-order valence-electron chi connectivity index (χ1n) is 6.39. The van der Waals surface area contributed by atoms with Crippen LogP contribution < -0.4 is 5.32 Å². The lowest BCUT2D eigenvalue weighted by atomic mass is 9.97. The van der Waals surface area contributed by atoms with Gasteiger partial charge in [-0.1, -0.05) is 0 Å². The quantitative estimate of drug-likeness (QED) is 0.734. The van der Waals surface area contributed by atoms with Crippen molar-refractivity contribution in [3.8, 4) is 0 Å². The van der Waals surface area contributed by atoms with Crippen LogP contribution >= 0.6 is 0 Å². The van der Waals surface area contributed by atoms with Crippen LogP contribution in [0.2, 0.25) is 0 Å². The molecule has 0 spiro atoms. The molecule has 0 bridgehead atoms. The van der Waals surface area contributed by atoms with Gasteiger partial charge in [0.25, 0.3) is 0 Å². The fourth-order valence-corrected chi connectivity index (χ4v) is 3.07. The van der Waals surface area contributed by atoms with Gasteiger partial charge in [-0.05, 0) is 64.1 Å². The van der Waals surface area contributed by atoms with E-state index >= 15 is 0 Å². The van der Waals surface area contributed by atoms with Crippen LogP contribution in [0.4, 0.5) is 0 Å². The second-order valence-corrected chi connectivity index (χ2v) is 5.40. The summed E-state index contributed by atoms with van der Waals surface area (Å²) in [5.41, 5.74) is 0. The predicted molar refractivity (Wildman–Crippen MR) is 58.3 cm³/mol. The second-order valence-electron chi connectivity index (χ2n) is 5.40. The van der Waals surface area contributed by atoms with Crippen molar-refractivity contribution in [1.82, 2.24) is 10.2 Å². The molecule has 2 aliphatic heterocycles. The maximum Gasteiger partial charge on any atom is 0.0111 e. The number of fused-ring (bicyclic) bond motifs is 1. The zero-order valence-corrected chi connectivity index (χ0v) is 9.04. The summed E-state index contributed by atoms with van der Waals surface area (Å²) in [4.78, 5) is 2.70. The van der Waals surface area contributed by atoms with Crippen LogP contribution in [0.15, 0.2) is 0 Å². The molecule has 14 heavy (non-hydrogen) atoms. The van der Waals surface area contributed by atoms with Gasteiger partial charge in [0.2, 0.25) is 0 Å². The van der Waals surface area contributed by atoms with E-state index in [0.717, 1.165) is 18.0 Å². The first kappa shape index (κ1) is 9.17. The molecule has 0 aromatic carbocycles. The van der Waals surface area contributed by atoms with Crippen LogP contribution in [0, 0.1) is 5.92 Å². The van der Waals surface area contributed by atoms with Gasteiger partial charge in [0, 0.05) is 12.1 Å². The van der Waals surface area contributed by atoms with Crippen LogP contribution in [-0.2, 0) is 0 Å². The normalized spacial score (nSPS) is 38.6. The fraction of sp³-hybridized carbons (Fsp3) is 1.00. The monoisotopic (exact) mass is 194 g/mol. The van der Waals surface area contributed by atoms with E-state index in [2.05, 4.69) is 10.2 Å². The highest BCUT2D eigenvalue weighted by atomic mass is 15.2. The van der Waals surface area contributed by atoms with Crippen LogP contribution in [0.5, 0.6) is 0 Å². The minimum Gasteiger partial charge on any atom is -0.314 e. The van der Waals surface area contributed by atoms with Gasteiger partial charge < -0.3 is 10.2 Å². The predicted octanol–water partition coefficient (Wildman–Crippen LogP) is 1.61. The lowest BCUT2D eigenvalue weighted by molar-refractivity contribution is 0.166. The molecule has 2 atom stereocenters. The largest absolute Gasteiger partial charge is 0.314 e. The summed E-state index contributed by atoms with van der Waals surface area (Å²) in [6.07, 6.45) is 8.68. The molecule has 2 heterocycles. The van der Waals surface area contributed by atoms with E-state index in [-0.39, 0.29) is 0 Å². The zero-order valence-electron chi connectivity index (χ0n) is 9.04. The molecule has 3 fully saturated rings. The molecule has 80 valence electrons. The Morgan fingerprint density at radius 1 is 1.07 bits per heavy atom. The summed E-state index contributed by atoms with van der Waals surface area (Å²) in [6.45, 7) is 4.03. The van der Waals surface area contributed by atoms with Gasteiger partial charge in [-0.3, -0.25) is 0 Å². The number of nitrogens with one attached hydrogen (secondary N) is 1. The molecule has 0 amide bonds. The minimum absolute atomic E-state index is 0.843. The maximum absolute atomic E-state index is 3.77. The Morgan fingerprint density at radius 2 is 2.00 bits per heavy atom. The van der Waals surface area contributed by atoms with Crippen molar-refractivity contribution in [3.05, 3.63) is 0 Å². The molecule has 2 saturated heterocycles. The Balaban J connectivity index is 1.46. The molecule has 0 radical (unpaired) electrons. The van der Waals surface area contributed by atoms with Crippen LogP contribution in [-0.4, -0.2) is 36.6 Å². The van der Waals surface area contributed by atoms with Gasteiger partial charge in [0.1, 0.15) is 0 Å². The molecular weight excluding hydrogens is 172 g/mol. The van der Waals surface area contributed by atoms with E-state index in [1.807, 2.05) is 0 Å². The van der Waals surface area contributed by atoms with Crippen molar-refractivity contribution in [2.75, 3.05) is 19.6 Å². The van der Waals surface area contributed by atoms with E-state index in [1.165, 1.54) is 58.2 Å². The molecule has 2 heteroatoms. The van der Waals surface area contributed by atoms with Crippen LogP contribution in [0.3, 0.4) is 0 Å². The molecule has 3 aliphatic rings. The van der Waals surface area contributed by atoms with Gasteiger partial charge >= 0.3 is 0 Å². The molecule has 0 aromatic heterocycles. The topological polar surface area (TPSA) is 15.3 Å². The van der Waals surface area contributed by atoms with E-state index in [0.29, 0.717) is 0 Å². The standard InChI is InChI=1S/C12H22N2/c1-2-12-8-11(5-7-14(12)6-1)13-9-10-3-4-10/h10-13H,1-9H2. The Kier molecular flexibility index (Phi) is 2.50. The lowest BCUT2D eigenvalue weighted by Crippen LogP contribution is -2.46. The van der Waals surface area contributed by atoms with E-state index in [1.54, 1.807) is 0 Å². The fourth-order valence-electron chi connectivity index (χ4n) is 3.07. The summed E-state index contributed by atoms with van der Waals surface area (Å²) in [7, 11) is 0. The molecule has 2 nitrogen and oxygen atoms in total. The van der Waals surface area contributed by atoms with Crippen LogP contribution in [0.1, 0.15) is 38.5 Å². The first-order chi connectivity index (χ1) is 6.92. The minimum atomic E-state index is 0.843. The molecule has 1 aliphatic carbocycles. The zero-order chi connectivity index (χ0) is 9.38. The van der Waals surface area contributed by atoms with Crippen molar-refractivity contribution in [2.24, 2.45) is 5.92 Å². The Labute approximate surface area is 87.0 Å². The summed E-state index contributed by atoms with van der Waals surface area (Å²) < 4.78 is 0. The average Bonchev–Trinajstić information content (AvgIpc) is 2.92. The smallest absolute Gasteiger partial charge is 0.0111 e. The second kappa shape index (κ2) is 3.82. The third kappa shape index (κ3) is 1.96. The van der Waals surface area contributed by atoms with E-state index in [9.17, 15) is 0 Å². The maximum atomic E-state index is 3.77. The van der Waals surface area contributed by atoms with Crippen molar-refractivity contribution in [2.45, 2.75) is 50.6 Å². The van der Waals surface area contributed by atoms with Gasteiger partial charge in [0.15, 0.2) is 0 Å². The van der Waals surface area contributed by atoms with E-state index in [4.69, 9.17) is 0 Å². The number of rotatable bonds is 3. The summed E-state index contributed by atoms with van der Waals surface area (Å²) in [6, 6.07) is 1.77. The van der Waals surface area contributed by atoms with Crippen molar-refractivity contribution in [3.63, 3.8) is 0 Å². The van der Waals surface area contributed by atoms with Crippen molar-refractivity contribution < 1.29 is 0 Å². The molecule has 2 unspecified atom stereocenters. The van der Waals surface area contributed by atoms with Crippen LogP contribution in [0.25, 0.3) is 0 Å². The summed E-state index contributed by atoms with van der Waals surface area (Å²) in [5, 5.41) is 3.77. The number of nitrogens with zero attached hydrogens (tertiary/aromatic N) is 1. The molecule has 1 saturated carbocycles. The third-order valence-corrected chi connectivity index (χ3v) is 4.21. The molecule has 0 aromatic rings. The van der Waals surface area contributed by atoms with Gasteiger partial charge in [-0.25, -0.2) is 0 Å². The number of hydrogen-bond donors (Lipinski definition) is 1. The first-order valence-corrected chi connectivity index (χ1v) is 6.39. The average molecular weight is 194 g/mol. The number of hydrogen-bond acceptors (Lipinski definition) is 2. The Hall–Kier alpha value is -0.0800. The van der Waals surface area contributed by atoms with E-state index < -0.39 is 0 Å². The Morgan fingerprint density at radius 3 is 2.86 bits per heavy atom. The van der Waals surface area contributed by atoms with Crippen molar-refractivity contribution in [1.29, 1.82) is 0 Å². The van der Waals surface area contributed by atoms with Gasteiger partial charge in [0.05, 0.1) is 0 Å². The van der Waals surface area contributed by atoms with Gasteiger partial charge in [-0.15, -0.1) is 0 Å². The molecular formula is C12H22N2. The third-order valence-electron chi connectivity index (χ3n) is 4.21. The highest BCUT2D eigenvalue weighted by Gasteiger charge is 2.32. The number of piperidine rings is 1. The summed E-state index contributed by atoms with van der Waals surface area (Å²) >= 11 is 0. The SMILES string of the molecule is C1CC2CC(NCC3CC3)CCN2C1. The summed E-state index contributed by atoms with van der Waals surface area (Å²) in [5.74, 6) is 1.04. The highest BCUT2D eigenvalue weighted by molar-refractivity contribution is 4.90.